The Morgan fingerprint density at radius 1 is 0.400 bits per heavy atom. The largest absolute Gasteiger partial charge is 0.422 e. The van der Waals surface area contributed by atoms with Crippen LogP contribution in [0.3, 0.4) is 0 Å². The average molecular weight is 453 g/mol. The molecule has 35 heavy (non-hydrogen) atoms. The first-order chi connectivity index (χ1) is 17.3. The van der Waals surface area contributed by atoms with E-state index in [0.29, 0.717) is 11.3 Å². The SMILES string of the molecule is O=C(OC(=C(c1ccccc1)c1ccccc1)c1ccccc1)c1ccc(-c2ccccc2)cc1. The Hall–Kier alpha value is -4.69. The van der Waals surface area contributed by atoms with Gasteiger partial charge in [-0.2, -0.15) is 0 Å². The number of hydrogen-bond donors (Lipinski definition) is 0. The molecule has 0 aliphatic carbocycles. The lowest BCUT2D eigenvalue weighted by molar-refractivity contribution is 0.0693. The molecular weight excluding hydrogens is 428 g/mol. The van der Waals surface area contributed by atoms with Gasteiger partial charge in [-0.1, -0.05) is 133 Å². The summed E-state index contributed by atoms with van der Waals surface area (Å²) in [5.74, 6) is 0.132. The Morgan fingerprint density at radius 2 is 0.800 bits per heavy atom. The zero-order valence-electron chi connectivity index (χ0n) is 19.2. The molecule has 0 atom stereocenters. The lowest BCUT2D eigenvalue weighted by Crippen LogP contribution is -2.07. The summed E-state index contributed by atoms with van der Waals surface area (Å²) in [7, 11) is 0. The van der Waals surface area contributed by atoms with Gasteiger partial charge in [-0.15, -0.1) is 0 Å². The highest BCUT2D eigenvalue weighted by atomic mass is 16.5. The molecule has 0 saturated carbocycles. The lowest BCUT2D eigenvalue weighted by atomic mass is 9.94. The Labute approximate surface area is 205 Å². The smallest absolute Gasteiger partial charge is 0.343 e. The van der Waals surface area contributed by atoms with E-state index in [-0.39, 0.29) is 0 Å². The summed E-state index contributed by atoms with van der Waals surface area (Å²) in [5, 5.41) is 0. The Morgan fingerprint density at radius 3 is 1.29 bits per heavy atom. The summed E-state index contributed by atoms with van der Waals surface area (Å²) in [6.07, 6.45) is 0. The van der Waals surface area contributed by atoms with Crippen LogP contribution in [0.25, 0.3) is 22.5 Å². The zero-order valence-corrected chi connectivity index (χ0v) is 19.2. The van der Waals surface area contributed by atoms with E-state index in [2.05, 4.69) is 12.1 Å². The molecule has 168 valence electrons. The van der Waals surface area contributed by atoms with E-state index in [1.807, 2.05) is 133 Å². The number of rotatable bonds is 6. The standard InChI is InChI=1S/C33H24O2/c34-33(30-23-21-26(22-24-30)25-13-5-1-6-14-25)35-32(29-19-11-4-12-20-29)31(27-15-7-2-8-16-27)28-17-9-3-10-18-28/h1-24H. The van der Waals surface area contributed by atoms with Crippen LogP contribution < -0.4 is 0 Å². The predicted octanol–water partition coefficient (Wildman–Crippen LogP) is 8.13. The molecule has 2 nitrogen and oxygen atoms in total. The van der Waals surface area contributed by atoms with Gasteiger partial charge in [0.2, 0.25) is 0 Å². The van der Waals surface area contributed by atoms with Crippen LogP contribution in [0.5, 0.6) is 0 Å². The number of ether oxygens (including phenoxy) is 1. The maximum absolute atomic E-state index is 13.4. The molecule has 2 heteroatoms. The van der Waals surface area contributed by atoms with Crippen molar-refractivity contribution in [3.63, 3.8) is 0 Å². The van der Waals surface area contributed by atoms with Crippen molar-refractivity contribution in [2.75, 3.05) is 0 Å². The number of esters is 1. The van der Waals surface area contributed by atoms with Gasteiger partial charge in [0.05, 0.1) is 5.56 Å². The van der Waals surface area contributed by atoms with Crippen LogP contribution in [0.4, 0.5) is 0 Å². The Bertz CT molecular complexity index is 1380. The summed E-state index contributed by atoms with van der Waals surface area (Å²) >= 11 is 0. The minimum atomic E-state index is -0.396. The number of carbonyl (C=O) groups excluding carboxylic acids is 1. The first-order valence-corrected chi connectivity index (χ1v) is 11.6. The third kappa shape index (κ3) is 5.13. The van der Waals surface area contributed by atoms with Gasteiger partial charge in [-0.25, -0.2) is 4.79 Å². The predicted molar refractivity (Wildman–Crippen MR) is 143 cm³/mol. The van der Waals surface area contributed by atoms with E-state index < -0.39 is 5.97 Å². The fourth-order valence-corrected chi connectivity index (χ4v) is 4.06. The van der Waals surface area contributed by atoms with Crippen molar-refractivity contribution < 1.29 is 9.53 Å². The average Bonchev–Trinajstić information content (AvgIpc) is 2.95. The normalized spacial score (nSPS) is 10.4. The van der Waals surface area contributed by atoms with E-state index in [1.54, 1.807) is 0 Å². The third-order valence-electron chi connectivity index (χ3n) is 5.81. The zero-order chi connectivity index (χ0) is 23.9. The molecule has 0 unspecified atom stereocenters. The van der Waals surface area contributed by atoms with Crippen LogP contribution in [-0.4, -0.2) is 5.97 Å². The van der Waals surface area contributed by atoms with Gasteiger partial charge in [0, 0.05) is 11.1 Å². The van der Waals surface area contributed by atoms with Crippen LogP contribution in [0.15, 0.2) is 146 Å². The monoisotopic (exact) mass is 452 g/mol. The van der Waals surface area contributed by atoms with Crippen molar-refractivity contribution in [3.8, 4) is 11.1 Å². The van der Waals surface area contributed by atoms with Crippen LogP contribution >= 0.6 is 0 Å². The van der Waals surface area contributed by atoms with Gasteiger partial charge in [0.25, 0.3) is 0 Å². The summed E-state index contributed by atoms with van der Waals surface area (Å²) in [5.41, 5.74) is 6.31. The topological polar surface area (TPSA) is 26.3 Å². The van der Waals surface area contributed by atoms with Gasteiger partial charge < -0.3 is 4.74 Å². The van der Waals surface area contributed by atoms with Crippen molar-refractivity contribution in [3.05, 3.63) is 168 Å². The summed E-state index contributed by atoms with van der Waals surface area (Å²) < 4.78 is 6.18. The van der Waals surface area contributed by atoms with Crippen molar-refractivity contribution in [1.82, 2.24) is 0 Å². The van der Waals surface area contributed by atoms with E-state index in [9.17, 15) is 4.79 Å². The molecule has 0 heterocycles. The second-order valence-electron chi connectivity index (χ2n) is 8.14. The fraction of sp³-hybridized carbons (Fsp3) is 0. The molecular formula is C33H24O2. The van der Waals surface area contributed by atoms with Crippen LogP contribution in [0.1, 0.15) is 27.0 Å². The van der Waals surface area contributed by atoms with Crippen LogP contribution in [-0.2, 0) is 4.74 Å². The van der Waals surface area contributed by atoms with Gasteiger partial charge in [-0.05, 0) is 34.4 Å². The molecule has 0 radical (unpaired) electrons. The number of carbonyl (C=O) groups is 1. The maximum Gasteiger partial charge on any atom is 0.343 e. The molecule has 0 aromatic heterocycles. The third-order valence-corrected chi connectivity index (χ3v) is 5.81. The maximum atomic E-state index is 13.4. The lowest BCUT2D eigenvalue weighted by Gasteiger charge is -2.17. The highest BCUT2D eigenvalue weighted by molar-refractivity contribution is 6.02. The minimum absolute atomic E-state index is 0.396. The van der Waals surface area contributed by atoms with Gasteiger partial charge in [0.1, 0.15) is 5.76 Å². The fourth-order valence-electron chi connectivity index (χ4n) is 4.06. The van der Waals surface area contributed by atoms with Crippen molar-refractivity contribution in [2.24, 2.45) is 0 Å². The van der Waals surface area contributed by atoms with Crippen LogP contribution in [0, 0.1) is 0 Å². The molecule has 0 amide bonds. The Balaban J connectivity index is 1.58. The van der Waals surface area contributed by atoms with E-state index in [0.717, 1.165) is 33.4 Å². The molecule has 5 aromatic carbocycles. The van der Waals surface area contributed by atoms with Crippen molar-refractivity contribution >= 4 is 17.3 Å². The van der Waals surface area contributed by atoms with E-state index >= 15 is 0 Å². The molecule has 0 saturated heterocycles. The second-order valence-corrected chi connectivity index (χ2v) is 8.14. The number of hydrogen-bond acceptors (Lipinski definition) is 2. The molecule has 5 aromatic rings. The minimum Gasteiger partial charge on any atom is -0.422 e. The Kier molecular flexibility index (Phi) is 6.63. The first kappa shape index (κ1) is 22.1. The first-order valence-electron chi connectivity index (χ1n) is 11.6. The molecule has 0 bridgehead atoms. The molecule has 0 aliphatic heterocycles. The van der Waals surface area contributed by atoms with Crippen molar-refractivity contribution in [1.29, 1.82) is 0 Å². The van der Waals surface area contributed by atoms with E-state index in [1.165, 1.54) is 0 Å². The molecule has 5 rings (SSSR count). The van der Waals surface area contributed by atoms with Gasteiger partial charge >= 0.3 is 5.97 Å². The summed E-state index contributed by atoms with van der Waals surface area (Å²) in [4.78, 5) is 13.4. The van der Waals surface area contributed by atoms with Gasteiger partial charge in [0.15, 0.2) is 0 Å². The highest BCUT2D eigenvalue weighted by Gasteiger charge is 2.19. The quantitative estimate of drug-likeness (QED) is 0.148. The summed E-state index contributed by atoms with van der Waals surface area (Å²) in [6.45, 7) is 0. The highest BCUT2D eigenvalue weighted by Crippen LogP contribution is 2.34. The second kappa shape index (κ2) is 10.5. The van der Waals surface area contributed by atoms with Crippen LogP contribution in [0.2, 0.25) is 0 Å². The number of benzene rings is 5. The molecule has 0 fully saturated rings. The van der Waals surface area contributed by atoms with E-state index in [4.69, 9.17) is 4.74 Å². The van der Waals surface area contributed by atoms with Gasteiger partial charge in [-0.3, -0.25) is 0 Å². The molecule has 0 spiro atoms. The summed E-state index contributed by atoms with van der Waals surface area (Å²) in [6, 6.07) is 47.5. The molecule has 0 N–H and O–H groups in total. The molecule has 0 aliphatic rings. The van der Waals surface area contributed by atoms with Crippen molar-refractivity contribution in [2.45, 2.75) is 0 Å².